The number of aromatic nitrogens is 3. The van der Waals surface area contributed by atoms with Gasteiger partial charge in [-0.1, -0.05) is 52.4 Å². The number of halogens is 1. The monoisotopic (exact) mass is 333 g/mol. The lowest BCUT2D eigenvalue weighted by Gasteiger charge is -2.01. The van der Waals surface area contributed by atoms with E-state index >= 15 is 0 Å². The van der Waals surface area contributed by atoms with Gasteiger partial charge >= 0.3 is 0 Å². The summed E-state index contributed by atoms with van der Waals surface area (Å²) in [6, 6.07) is 10.1. The van der Waals surface area contributed by atoms with Crippen molar-refractivity contribution in [3.8, 4) is 10.6 Å². The second kappa shape index (κ2) is 5.35. The first-order valence-electron chi connectivity index (χ1n) is 6.11. The normalized spacial score (nSPS) is 12.7. The molecule has 0 radical (unpaired) electrons. The average Bonchev–Trinajstić information content (AvgIpc) is 2.95. The number of benzene rings is 1. The molecule has 3 aromatic rings. The van der Waals surface area contributed by atoms with E-state index in [1.54, 1.807) is 11.3 Å². The molecular formula is C14H12BrN3S. The molecule has 1 atom stereocenters. The van der Waals surface area contributed by atoms with Gasteiger partial charge in [0.05, 0.1) is 10.3 Å². The van der Waals surface area contributed by atoms with E-state index in [9.17, 15) is 0 Å². The number of pyridine rings is 1. The number of fused-ring (bicyclic) bond motifs is 1. The van der Waals surface area contributed by atoms with E-state index < -0.39 is 0 Å². The summed E-state index contributed by atoms with van der Waals surface area (Å²) in [5.74, 6) is 0. The van der Waals surface area contributed by atoms with Gasteiger partial charge in [0.15, 0.2) is 0 Å². The molecule has 2 heterocycles. The number of alkyl halides is 1. The van der Waals surface area contributed by atoms with Gasteiger partial charge in [-0.15, -0.1) is 10.2 Å². The minimum absolute atomic E-state index is 0.284. The maximum atomic E-state index is 4.37. The van der Waals surface area contributed by atoms with Crippen LogP contribution in [-0.2, 0) is 0 Å². The number of hydrogen-bond acceptors (Lipinski definition) is 4. The quantitative estimate of drug-likeness (QED) is 0.657. The highest BCUT2D eigenvalue weighted by molar-refractivity contribution is 9.09. The van der Waals surface area contributed by atoms with Gasteiger partial charge in [-0.2, -0.15) is 0 Å². The molecule has 0 bridgehead atoms. The largest absolute Gasteiger partial charge is 0.256 e. The molecule has 1 aromatic carbocycles. The molecule has 3 nitrogen and oxygen atoms in total. The van der Waals surface area contributed by atoms with Crippen molar-refractivity contribution in [3.63, 3.8) is 0 Å². The van der Waals surface area contributed by atoms with Crippen LogP contribution in [0.25, 0.3) is 21.5 Å². The standard InChI is InChI=1S/C14H12BrN3S/c1-2-11(15)14-18-17-13(19-14)10-7-8-16-12-6-4-3-5-9(10)12/h3-8,11H,2H2,1H3. The van der Waals surface area contributed by atoms with E-state index in [2.05, 4.69) is 44.1 Å². The van der Waals surface area contributed by atoms with Crippen LogP contribution in [0.3, 0.4) is 0 Å². The first kappa shape index (κ1) is 12.7. The molecule has 19 heavy (non-hydrogen) atoms. The van der Waals surface area contributed by atoms with Crippen LogP contribution in [0.1, 0.15) is 23.2 Å². The lowest BCUT2D eigenvalue weighted by Crippen LogP contribution is -1.85. The minimum atomic E-state index is 0.284. The van der Waals surface area contributed by atoms with Gasteiger partial charge in [-0.05, 0) is 18.6 Å². The third kappa shape index (κ3) is 2.40. The summed E-state index contributed by atoms with van der Waals surface area (Å²) in [6.45, 7) is 2.13. The molecule has 0 fully saturated rings. The summed E-state index contributed by atoms with van der Waals surface area (Å²) in [7, 11) is 0. The molecule has 0 saturated heterocycles. The molecular weight excluding hydrogens is 322 g/mol. The summed E-state index contributed by atoms with van der Waals surface area (Å²) in [5.41, 5.74) is 2.09. The SMILES string of the molecule is CCC(Br)c1nnc(-c2ccnc3ccccc23)s1. The maximum Gasteiger partial charge on any atom is 0.148 e. The number of rotatable bonds is 3. The Bertz CT molecular complexity index is 705. The van der Waals surface area contributed by atoms with E-state index in [0.29, 0.717) is 0 Å². The van der Waals surface area contributed by atoms with Gasteiger partial charge in [0, 0.05) is 17.1 Å². The summed E-state index contributed by atoms with van der Waals surface area (Å²) in [4.78, 5) is 4.66. The predicted molar refractivity (Wildman–Crippen MR) is 82.6 cm³/mol. The molecule has 5 heteroatoms. The smallest absolute Gasteiger partial charge is 0.148 e. The van der Waals surface area contributed by atoms with Gasteiger partial charge in [-0.25, -0.2) is 0 Å². The van der Waals surface area contributed by atoms with Crippen LogP contribution in [0, 0.1) is 0 Å². The van der Waals surface area contributed by atoms with Crippen molar-refractivity contribution in [1.82, 2.24) is 15.2 Å². The fourth-order valence-corrected chi connectivity index (χ4v) is 3.24. The topological polar surface area (TPSA) is 38.7 Å². The Morgan fingerprint density at radius 2 is 2.05 bits per heavy atom. The highest BCUT2D eigenvalue weighted by Crippen LogP contribution is 2.34. The van der Waals surface area contributed by atoms with Crippen LogP contribution in [0.5, 0.6) is 0 Å². The van der Waals surface area contributed by atoms with Gasteiger partial charge in [0.2, 0.25) is 0 Å². The molecule has 0 saturated carbocycles. The number of nitrogens with zero attached hydrogens (tertiary/aromatic N) is 3. The molecule has 3 rings (SSSR count). The molecule has 1 unspecified atom stereocenters. The third-order valence-corrected chi connectivity index (χ3v) is 5.40. The molecule has 0 aliphatic rings. The van der Waals surface area contributed by atoms with Gasteiger partial charge in [0.25, 0.3) is 0 Å². The maximum absolute atomic E-state index is 4.37. The van der Waals surface area contributed by atoms with E-state index in [1.807, 2.05) is 30.5 Å². The van der Waals surface area contributed by atoms with Crippen LogP contribution in [0.2, 0.25) is 0 Å². The predicted octanol–water partition coefficient (Wildman–Crippen LogP) is 4.60. The number of para-hydroxylation sites is 1. The zero-order valence-corrected chi connectivity index (χ0v) is 12.8. The molecule has 96 valence electrons. The Morgan fingerprint density at radius 1 is 1.21 bits per heavy atom. The fourth-order valence-electron chi connectivity index (χ4n) is 1.93. The van der Waals surface area contributed by atoms with E-state index in [0.717, 1.165) is 32.9 Å². The van der Waals surface area contributed by atoms with Crippen LogP contribution in [-0.4, -0.2) is 15.2 Å². The zero-order valence-electron chi connectivity index (χ0n) is 10.4. The van der Waals surface area contributed by atoms with Crippen LogP contribution >= 0.6 is 27.3 Å². The summed E-state index contributed by atoms with van der Waals surface area (Å²) in [5, 5.41) is 11.7. The lowest BCUT2D eigenvalue weighted by molar-refractivity contribution is 0.870. The van der Waals surface area contributed by atoms with Crippen LogP contribution in [0.4, 0.5) is 0 Å². The Labute approximate surface area is 123 Å². The zero-order chi connectivity index (χ0) is 13.2. The second-order valence-electron chi connectivity index (χ2n) is 4.20. The first-order valence-corrected chi connectivity index (χ1v) is 7.84. The molecule has 0 aliphatic heterocycles. The summed E-state index contributed by atoms with van der Waals surface area (Å²) in [6.07, 6.45) is 2.83. The fraction of sp³-hybridized carbons (Fsp3) is 0.214. The van der Waals surface area contributed by atoms with E-state index in [4.69, 9.17) is 0 Å². The molecule has 0 N–H and O–H groups in total. The highest BCUT2D eigenvalue weighted by atomic mass is 79.9. The van der Waals surface area contributed by atoms with Crippen molar-refractivity contribution in [2.75, 3.05) is 0 Å². The van der Waals surface area contributed by atoms with Crippen LogP contribution < -0.4 is 0 Å². The van der Waals surface area contributed by atoms with E-state index in [-0.39, 0.29) is 4.83 Å². The van der Waals surface area contributed by atoms with Crippen molar-refractivity contribution in [1.29, 1.82) is 0 Å². The Morgan fingerprint density at radius 3 is 2.89 bits per heavy atom. The third-order valence-electron chi connectivity index (χ3n) is 2.95. The molecule has 0 aliphatic carbocycles. The Kier molecular flexibility index (Phi) is 3.57. The molecule has 0 amide bonds. The average molecular weight is 334 g/mol. The van der Waals surface area contributed by atoms with Crippen LogP contribution in [0.15, 0.2) is 36.5 Å². The highest BCUT2D eigenvalue weighted by Gasteiger charge is 2.14. The van der Waals surface area contributed by atoms with Gasteiger partial charge in [-0.3, -0.25) is 4.98 Å². The van der Waals surface area contributed by atoms with Crippen molar-refractivity contribution in [2.24, 2.45) is 0 Å². The van der Waals surface area contributed by atoms with Crippen molar-refractivity contribution >= 4 is 38.2 Å². The first-order chi connectivity index (χ1) is 9.29. The Hall–Kier alpha value is -1.33. The van der Waals surface area contributed by atoms with E-state index in [1.165, 1.54) is 0 Å². The van der Waals surface area contributed by atoms with Crippen molar-refractivity contribution < 1.29 is 0 Å². The molecule has 2 aromatic heterocycles. The van der Waals surface area contributed by atoms with Crippen molar-refractivity contribution in [2.45, 2.75) is 18.2 Å². The number of hydrogen-bond donors (Lipinski definition) is 0. The van der Waals surface area contributed by atoms with Gasteiger partial charge in [0.1, 0.15) is 10.0 Å². The van der Waals surface area contributed by atoms with Crippen molar-refractivity contribution in [3.05, 3.63) is 41.5 Å². The lowest BCUT2D eigenvalue weighted by atomic mass is 10.1. The Balaban J connectivity index is 2.12. The molecule has 0 spiro atoms. The van der Waals surface area contributed by atoms with Gasteiger partial charge < -0.3 is 0 Å². The summed E-state index contributed by atoms with van der Waals surface area (Å²) < 4.78 is 0. The summed E-state index contributed by atoms with van der Waals surface area (Å²) >= 11 is 5.25. The second-order valence-corrected chi connectivity index (χ2v) is 6.31. The minimum Gasteiger partial charge on any atom is -0.256 e.